The molecule has 8 heteroatoms. The zero-order chi connectivity index (χ0) is 17.5. The van der Waals surface area contributed by atoms with Gasteiger partial charge in [-0.05, 0) is 25.0 Å². The van der Waals surface area contributed by atoms with Gasteiger partial charge < -0.3 is 4.98 Å². The van der Waals surface area contributed by atoms with E-state index in [1.54, 1.807) is 10.6 Å². The van der Waals surface area contributed by atoms with Gasteiger partial charge >= 0.3 is 0 Å². The number of nitrogens with zero attached hydrogens (tertiary/aromatic N) is 4. The molecule has 2 aromatic rings. The zero-order valence-electron chi connectivity index (χ0n) is 14.4. The molecule has 4 heterocycles. The Morgan fingerprint density at radius 3 is 2.68 bits per heavy atom. The molecule has 1 N–H and O–H groups in total. The minimum Gasteiger partial charge on any atom is -0.348 e. The van der Waals surface area contributed by atoms with E-state index in [0.717, 1.165) is 49.6 Å². The van der Waals surface area contributed by atoms with E-state index in [1.165, 1.54) is 6.26 Å². The Morgan fingerprint density at radius 2 is 2.00 bits per heavy atom. The van der Waals surface area contributed by atoms with Crippen LogP contribution in [-0.2, 0) is 28.5 Å². The minimum absolute atomic E-state index is 0.512. The largest absolute Gasteiger partial charge is 0.348 e. The molecule has 0 aliphatic carbocycles. The summed E-state index contributed by atoms with van der Waals surface area (Å²) in [6.07, 6.45) is 7.02. The first-order valence-corrected chi connectivity index (χ1v) is 10.5. The summed E-state index contributed by atoms with van der Waals surface area (Å²) in [6.45, 7) is 2.97. The number of piperidine rings is 1. The Kier molecular flexibility index (Phi) is 4.13. The highest BCUT2D eigenvalue weighted by Gasteiger charge is 2.50. The number of fused-ring (bicyclic) bond motifs is 2. The average Bonchev–Trinajstić information content (AvgIpc) is 3.07. The number of nitrogens with one attached hydrogen (secondary N) is 1. The molecule has 0 atom stereocenters. The summed E-state index contributed by atoms with van der Waals surface area (Å²) in [7, 11) is -3.28. The van der Waals surface area contributed by atoms with Crippen molar-refractivity contribution in [3.8, 4) is 0 Å². The highest BCUT2D eigenvalue weighted by atomic mass is 32.2. The molecule has 1 saturated heterocycles. The number of H-pyrrole nitrogens is 1. The third-order valence-corrected chi connectivity index (χ3v) is 6.73. The number of imidazole rings is 1. The normalized spacial score (nSPS) is 21.3. The number of rotatable bonds is 3. The Balaban J connectivity index is 1.59. The molecule has 0 aromatic carbocycles. The van der Waals surface area contributed by atoms with E-state index in [1.807, 2.05) is 24.4 Å². The molecule has 2 aliphatic rings. The summed E-state index contributed by atoms with van der Waals surface area (Å²) in [6, 6.07) is 5.94. The maximum absolute atomic E-state index is 12.4. The third kappa shape index (κ3) is 2.98. The predicted octanol–water partition coefficient (Wildman–Crippen LogP) is 1.11. The molecular formula is C17H23N5O2S. The Hall–Kier alpha value is -1.77. The van der Waals surface area contributed by atoms with E-state index in [9.17, 15) is 8.42 Å². The second kappa shape index (κ2) is 6.19. The fraction of sp³-hybridized carbons (Fsp3) is 0.529. The third-order valence-electron chi connectivity index (χ3n) is 5.40. The van der Waals surface area contributed by atoms with Gasteiger partial charge in [-0.15, -0.1) is 0 Å². The highest BCUT2D eigenvalue weighted by molar-refractivity contribution is 7.88. The van der Waals surface area contributed by atoms with Crippen molar-refractivity contribution in [1.29, 1.82) is 0 Å². The lowest BCUT2D eigenvalue weighted by Gasteiger charge is -2.49. The van der Waals surface area contributed by atoms with Gasteiger partial charge in [0.15, 0.2) is 0 Å². The van der Waals surface area contributed by atoms with E-state index in [2.05, 4.69) is 19.9 Å². The molecule has 7 nitrogen and oxygen atoms in total. The van der Waals surface area contributed by atoms with E-state index in [4.69, 9.17) is 0 Å². The summed E-state index contributed by atoms with van der Waals surface area (Å²) in [5.74, 6) is 0. The second-order valence-corrected chi connectivity index (χ2v) is 8.85. The summed E-state index contributed by atoms with van der Waals surface area (Å²) in [5, 5.41) is 0. The van der Waals surface area contributed by atoms with Crippen molar-refractivity contribution in [3.63, 3.8) is 0 Å². The van der Waals surface area contributed by atoms with Gasteiger partial charge in [0, 0.05) is 44.5 Å². The number of pyridine rings is 1. The summed E-state index contributed by atoms with van der Waals surface area (Å²) in [4.78, 5) is 14.4. The summed E-state index contributed by atoms with van der Waals surface area (Å²) < 4.78 is 26.5. The van der Waals surface area contributed by atoms with Crippen LogP contribution in [0.3, 0.4) is 0 Å². The van der Waals surface area contributed by atoms with Crippen LogP contribution in [0.5, 0.6) is 0 Å². The lowest BCUT2D eigenvalue weighted by Crippen LogP contribution is -2.57. The van der Waals surface area contributed by atoms with Crippen LogP contribution in [0.2, 0.25) is 0 Å². The maximum atomic E-state index is 12.4. The maximum Gasteiger partial charge on any atom is 0.212 e. The molecule has 4 rings (SSSR count). The second-order valence-electron chi connectivity index (χ2n) is 6.94. The van der Waals surface area contributed by atoms with Gasteiger partial charge in [-0.3, -0.25) is 9.88 Å². The van der Waals surface area contributed by atoms with Crippen molar-refractivity contribution in [2.24, 2.45) is 0 Å². The molecule has 0 bridgehead atoms. The fourth-order valence-electron chi connectivity index (χ4n) is 4.23. The van der Waals surface area contributed by atoms with Crippen LogP contribution in [-0.4, -0.2) is 58.5 Å². The monoisotopic (exact) mass is 361 g/mol. The molecule has 2 aliphatic heterocycles. The van der Waals surface area contributed by atoms with Gasteiger partial charge in [0.1, 0.15) is 0 Å². The van der Waals surface area contributed by atoms with E-state index in [-0.39, 0.29) is 0 Å². The van der Waals surface area contributed by atoms with Crippen LogP contribution in [0.1, 0.15) is 29.9 Å². The number of hydrogen-bond acceptors (Lipinski definition) is 5. The molecule has 2 aromatic heterocycles. The molecule has 1 spiro atoms. The first kappa shape index (κ1) is 16.7. The van der Waals surface area contributed by atoms with E-state index >= 15 is 0 Å². The molecule has 0 saturated carbocycles. The van der Waals surface area contributed by atoms with Crippen LogP contribution < -0.4 is 0 Å². The van der Waals surface area contributed by atoms with Crippen molar-refractivity contribution in [2.75, 3.05) is 25.9 Å². The van der Waals surface area contributed by atoms with Crippen molar-refractivity contribution in [3.05, 3.63) is 47.8 Å². The topological polar surface area (TPSA) is 82.2 Å². The van der Waals surface area contributed by atoms with Crippen molar-refractivity contribution in [1.82, 2.24) is 24.2 Å². The van der Waals surface area contributed by atoms with Crippen LogP contribution in [0.4, 0.5) is 0 Å². The molecule has 0 radical (unpaired) electrons. The van der Waals surface area contributed by atoms with E-state index in [0.29, 0.717) is 13.0 Å². The van der Waals surface area contributed by atoms with Crippen LogP contribution in [0, 0.1) is 0 Å². The SMILES string of the molecule is CS(=O)(=O)N1CCc2[nH]cnc2C12CCN(Cc1ccccn1)CC2. The Labute approximate surface area is 148 Å². The van der Waals surface area contributed by atoms with Gasteiger partial charge in [0.2, 0.25) is 10.0 Å². The highest BCUT2D eigenvalue weighted by Crippen LogP contribution is 2.43. The number of sulfonamides is 1. The Morgan fingerprint density at radius 1 is 1.20 bits per heavy atom. The van der Waals surface area contributed by atoms with Crippen LogP contribution in [0.15, 0.2) is 30.7 Å². The van der Waals surface area contributed by atoms with Gasteiger partial charge in [-0.25, -0.2) is 13.4 Å². The first-order valence-electron chi connectivity index (χ1n) is 8.62. The quantitative estimate of drug-likeness (QED) is 0.886. The zero-order valence-corrected chi connectivity index (χ0v) is 15.2. The summed E-state index contributed by atoms with van der Waals surface area (Å²) in [5.41, 5.74) is 2.53. The predicted molar refractivity (Wildman–Crippen MR) is 94.3 cm³/mol. The molecule has 25 heavy (non-hydrogen) atoms. The van der Waals surface area contributed by atoms with Crippen molar-refractivity contribution in [2.45, 2.75) is 31.3 Å². The number of aromatic nitrogens is 3. The van der Waals surface area contributed by atoms with Crippen LogP contribution in [0.25, 0.3) is 0 Å². The smallest absolute Gasteiger partial charge is 0.212 e. The van der Waals surface area contributed by atoms with Gasteiger partial charge in [-0.1, -0.05) is 6.07 Å². The van der Waals surface area contributed by atoms with E-state index < -0.39 is 15.6 Å². The van der Waals surface area contributed by atoms with Gasteiger partial charge in [0.05, 0.1) is 29.5 Å². The lowest BCUT2D eigenvalue weighted by atomic mass is 9.80. The van der Waals surface area contributed by atoms with Crippen molar-refractivity contribution < 1.29 is 8.42 Å². The molecule has 134 valence electrons. The minimum atomic E-state index is -3.28. The molecular weight excluding hydrogens is 338 g/mol. The Bertz CT molecular complexity index is 841. The average molecular weight is 361 g/mol. The number of hydrogen-bond donors (Lipinski definition) is 1. The fourth-order valence-corrected chi connectivity index (χ4v) is 5.56. The standard InChI is InChI=1S/C17H23N5O2S/c1-25(23,24)22-9-5-15-16(20-13-19-15)17(22)6-10-21(11-7-17)12-14-4-2-3-8-18-14/h2-4,8,13H,5-7,9-12H2,1H3,(H,19,20). The number of aromatic amines is 1. The molecule has 0 unspecified atom stereocenters. The van der Waals surface area contributed by atoms with Crippen molar-refractivity contribution >= 4 is 10.0 Å². The van der Waals surface area contributed by atoms with Gasteiger partial charge in [-0.2, -0.15) is 4.31 Å². The molecule has 0 amide bonds. The lowest BCUT2D eigenvalue weighted by molar-refractivity contribution is 0.0599. The van der Waals surface area contributed by atoms with Crippen LogP contribution >= 0.6 is 0 Å². The molecule has 1 fully saturated rings. The number of likely N-dealkylation sites (tertiary alicyclic amines) is 1. The first-order chi connectivity index (χ1) is 12.0. The van der Waals surface area contributed by atoms with Gasteiger partial charge in [0.25, 0.3) is 0 Å². The summed E-state index contributed by atoms with van der Waals surface area (Å²) >= 11 is 0.